The Hall–Kier alpha value is -2.48. The summed E-state index contributed by atoms with van der Waals surface area (Å²) in [4.78, 5) is 11.4. The first kappa shape index (κ1) is 17.6. The number of carbonyl (C=O) groups excluding carboxylic acids is 1. The molecule has 0 atom stereocenters. The molecule has 5 heteroatoms. The SMILES string of the molecule is COc1cc(C=CCCNC(=O)OC(C)(C)C)ccc1C#N. The fraction of sp³-hybridized carbons (Fsp3) is 0.412. The molecule has 1 amide bonds. The van der Waals surface area contributed by atoms with Crippen molar-refractivity contribution in [1.82, 2.24) is 5.32 Å². The molecule has 0 heterocycles. The summed E-state index contributed by atoms with van der Waals surface area (Å²) in [6.45, 7) is 5.97. The zero-order valence-corrected chi connectivity index (χ0v) is 13.5. The van der Waals surface area contributed by atoms with Crippen LogP contribution in [0.3, 0.4) is 0 Å². The predicted molar refractivity (Wildman–Crippen MR) is 85.6 cm³/mol. The number of nitrogens with one attached hydrogen (secondary N) is 1. The molecule has 22 heavy (non-hydrogen) atoms. The minimum atomic E-state index is -0.487. The van der Waals surface area contributed by atoms with Gasteiger partial charge in [-0.15, -0.1) is 0 Å². The van der Waals surface area contributed by atoms with Gasteiger partial charge in [0.1, 0.15) is 17.4 Å². The first-order valence-corrected chi connectivity index (χ1v) is 7.07. The van der Waals surface area contributed by atoms with Gasteiger partial charge in [0.05, 0.1) is 12.7 Å². The maximum absolute atomic E-state index is 11.4. The fourth-order valence-corrected chi connectivity index (χ4v) is 1.70. The van der Waals surface area contributed by atoms with Gasteiger partial charge in [-0.05, 0) is 44.9 Å². The number of rotatable bonds is 5. The lowest BCUT2D eigenvalue weighted by molar-refractivity contribution is 0.0529. The zero-order valence-electron chi connectivity index (χ0n) is 13.5. The Kier molecular flexibility index (Phi) is 6.46. The molecule has 0 radical (unpaired) electrons. The lowest BCUT2D eigenvalue weighted by Crippen LogP contribution is -2.32. The van der Waals surface area contributed by atoms with Crippen molar-refractivity contribution in [2.75, 3.05) is 13.7 Å². The van der Waals surface area contributed by atoms with E-state index in [1.807, 2.05) is 39.0 Å². The quantitative estimate of drug-likeness (QED) is 0.845. The van der Waals surface area contributed by atoms with Gasteiger partial charge in [-0.2, -0.15) is 5.26 Å². The molecule has 0 aliphatic heterocycles. The first-order chi connectivity index (χ1) is 10.4. The van der Waals surface area contributed by atoms with Gasteiger partial charge in [0.25, 0.3) is 0 Å². The summed E-state index contributed by atoms with van der Waals surface area (Å²) in [5.74, 6) is 0.552. The Morgan fingerprint density at radius 2 is 2.14 bits per heavy atom. The zero-order chi connectivity index (χ0) is 16.6. The van der Waals surface area contributed by atoms with Crippen LogP contribution in [0.15, 0.2) is 24.3 Å². The van der Waals surface area contributed by atoms with Crippen LogP contribution in [0.25, 0.3) is 6.08 Å². The van der Waals surface area contributed by atoms with Crippen molar-refractivity contribution in [2.45, 2.75) is 32.8 Å². The molecule has 1 rings (SSSR count). The lowest BCUT2D eigenvalue weighted by Gasteiger charge is -2.19. The highest BCUT2D eigenvalue weighted by Crippen LogP contribution is 2.20. The summed E-state index contributed by atoms with van der Waals surface area (Å²) in [6, 6.07) is 7.44. The Morgan fingerprint density at radius 3 is 2.73 bits per heavy atom. The summed E-state index contributed by atoms with van der Waals surface area (Å²) < 4.78 is 10.3. The minimum Gasteiger partial charge on any atom is -0.495 e. The van der Waals surface area contributed by atoms with Crippen LogP contribution in [0, 0.1) is 11.3 Å². The molecular weight excluding hydrogens is 280 g/mol. The van der Waals surface area contributed by atoms with Crippen LogP contribution in [-0.4, -0.2) is 25.3 Å². The molecule has 0 spiro atoms. The van der Waals surface area contributed by atoms with E-state index in [0.717, 1.165) is 5.56 Å². The van der Waals surface area contributed by atoms with Gasteiger partial charge in [0, 0.05) is 6.54 Å². The van der Waals surface area contributed by atoms with Gasteiger partial charge in [0.15, 0.2) is 0 Å². The molecule has 5 nitrogen and oxygen atoms in total. The van der Waals surface area contributed by atoms with Crippen LogP contribution in [0.1, 0.15) is 38.3 Å². The number of hydrogen-bond donors (Lipinski definition) is 1. The summed E-state index contributed by atoms with van der Waals surface area (Å²) >= 11 is 0. The van der Waals surface area contributed by atoms with E-state index in [2.05, 4.69) is 11.4 Å². The van der Waals surface area contributed by atoms with E-state index in [1.54, 1.807) is 12.1 Å². The molecule has 0 saturated carbocycles. The Balaban J connectivity index is 2.44. The Morgan fingerprint density at radius 1 is 1.41 bits per heavy atom. The largest absolute Gasteiger partial charge is 0.495 e. The smallest absolute Gasteiger partial charge is 0.407 e. The fourth-order valence-electron chi connectivity index (χ4n) is 1.70. The van der Waals surface area contributed by atoms with E-state index in [0.29, 0.717) is 24.3 Å². The first-order valence-electron chi connectivity index (χ1n) is 7.07. The summed E-state index contributed by atoms with van der Waals surface area (Å²) in [5.41, 5.74) is 0.957. The molecule has 0 aromatic heterocycles. The van der Waals surface area contributed by atoms with Crippen molar-refractivity contribution in [3.63, 3.8) is 0 Å². The highest BCUT2D eigenvalue weighted by atomic mass is 16.6. The van der Waals surface area contributed by atoms with Crippen molar-refractivity contribution < 1.29 is 14.3 Å². The van der Waals surface area contributed by atoms with Gasteiger partial charge in [-0.25, -0.2) is 4.79 Å². The maximum Gasteiger partial charge on any atom is 0.407 e. The van der Waals surface area contributed by atoms with E-state index < -0.39 is 11.7 Å². The van der Waals surface area contributed by atoms with E-state index in [4.69, 9.17) is 14.7 Å². The molecular formula is C17H22N2O3. The molecule has 1 aromatic carbocycles. The number of amides is 1. The standard InChI is InChI=1S/C17H22N2O3/c1-17(2,3)22-16(20)19-10-6-5-7-13-8-9-14(12-18)15(11-13)21-4/h5,7-9,11H,6,10H2,1-4H3,(H,19,20). The second-order valence-corrected chi connectivity index (χ2v) is 5.69. The molecule has 1 N–H and O–H groups in total. The topological polar surface area (TPSA) is 71.3 Å². The molecule has 0 saturated heterocycles. The molecule has 0 aliphatic rings. The number of benzene rings is 1. The van der Waals surface area contributed by atoms with E-state index in [1.165, 1.54) is 7.11 Å². The van der Waals surface area contributed by atoms with Crippen LogP contribution >= 0.6 is 0 Å². The molecule has 0 fully saturated rings. The number of hydrogen-bond acceptors (Lipinski definition) is 4. The Bertz CT molecular complexity index is 581. The average molecular weight is 302 g/mol. The minimum absolute atomic E-state index is 0.416. The van der Waals surface area contributed by atoms with Gasteiger partial charge >= 0.3 is 6.09 Å². The third-order valence-corrected chi connectivity index (χ3v) is 2.64. The number of ether oxygens (including phenoxy) is 2. The third-order valence-electron chi connectivity index (χ3n) is 2.64. The normalized spacial score (nSPS) is 11.0. The number of alkyl carbamates (subject to hydrolysis) is 1. The van der Waals surface area contributed by atoms with Crippen LogP contribution in [0.5, 0.6) is 5.75 Å². The van der Waals surface area contributed by atoms with Crippen LogP contribution in [0.2, 0.25) is 0 Å². The van der Waals surface area contributed by atoms with Crippen molar-refractivity contribution >= 4 is 12.2 Å². The number of nitriles is 1. The van der Waals surface area contributed by atoms with Crippen LogP contribution < -0.4 is 10.1 Å². The lowest BCUT2D eigenvalue weighted by atomic mass is 10.1. The number of methoxy groups -OCH3 is 1. The van der Waals surface area contributed by atoms with Crippen molar-refractivity contribution in [3.05, 3.63) is 35.4 Å². The molecule has 0 unspecified atom stereocenters. The van der Waals surface area contributed by atoms with Crippen LogP contribution in [0.4, 0.5) is 4.79 Å². The summed E-state index contributed by atoms with van der Waals surface area (Å²) in [5, 5.41) is 11.6. The van der Waals surface area contributed by atoms with Gasteiger partial charge in [-0.3, -0.25) is 0 Å². The Labute approximate surface area is 131 Å². The predicted octanol–water partition coefficient (Wildman–Crippen LogP) is 3.49. The van der Waals surface area contributed by atoms with Crippen LogP contribution in [-0.2, 0) is 4.74 Å². The van der Waals surface area contributed by atoms with Gasteiger partial charge in [-0.1, -0.05) is 18.2 Å². The average Bonchev–Trinajstić information content (AvgIpc) is 2.44. The second-order valence-electron chi connectivity index (χ2n) is 5.69. The molecule has 0 aliphatic carbocycles. The molecule has 1 aromatic rings. The van der Waals surface area contributed by atoms with E-state index in [9.17, 15) is 4.79 Å². The van der Waals surface area contributed by atoms with Crippen molar-refractivity contribution in [1.29, 1.82) is 5.26 Å². The molecule has 118 valence electrons. The highest BCUT2D eigenvalue weighted by Gasteiger charge is 2.15. The van der Waals surface area contributed by atoms with E-state index in [-0.39, 0.29) is 0 Å². The number of carbonyl (C=O) groups is 1. The monoisotopic (exact) mass is 302 g/mol. The maximum atomic E-state index is 11.4. The molecule has 0 bridgehead atoms. The highest BCUT2D eigenvalue weighted by molar-refractivity contribution is 5.67. The summed E-state index contributed by atoms with van der Waals surface area (Å²) in [6.07, 6.45) is 4.13. The second kappa shape index (κ2) is 8.08. The third kappa shape index (κ3) is 6.31. The number of nitrogens with zero attached hydrogens (tertiary/aromatic N) is 1. The van der Waals surface area contributed by atoms with E-state index >= 15 is 0 Å². The van der Waals surface area contributed by atoms with Gasteiger partial charge in [0.2, 0.25) is 0 Å². The summed E-state index contributed by atoms with van der Waals surface area (Å²) in [7, 11) is 1.54. The van der Waals surface area contributed by atoms with Gasteiger partial charge < -0.3 is 14.8 Å². The van der Waals surface area contributed by atoms with Crippen molar-refractivity contribution in [2.24, 2.45) is 0 Å². The van der Waals surface area contributed by atoms with Crippen molar-refractivity contribution in [3.8, 4) is 11.8 Å².